The number of nitrogens with two attached hydrogens (primary N) is 3. The van der Waals surface area contributed by atoms with E-state index in [1.165, 1.54) is 24.3 Å². The Morgan fingerprint density at radius 1 is 0.792 bits per heavy atom. The summed E-state index contributed by atoms with van der Waals surface area (Å²) in [5, 5.41) is 22.9. The summed E-state index contributed by atoms with van der Waals surface area (Å²) in [6.07, 6.45) is 1.46. The summed E-state index contributed by atoms with van der Waals surface area (Å²) in [6, 6.07) is 11.1. The van der Waals surface area contributed by atoms with Gasteiger partial charge in [0, 0.05) is 0 Å². The van der Waals surface area contributed by atoms with E-state index in [1.54, 1.807) is 18.2 Å². The molecule has 2 aromatic carbocycles. The summed E-state index contributed by atoms with van der Waals surface area (Å²) < 4.78 is 21.7. The molecule has 0 saturated carbocycles. The molecule has 8 heteroatoms. The molecule has 2 aromatic rings. The van der Waals surface area contributed by atoms with E-state index in [1.807, 2.05) is 0 Å². The zero-order chi connectivity index (χ0) is 18.2. The van der Waals surface area contributed by atoms with Crippen LogP contribution in [-0.2, 0) is 22.9 Å². The van der Waals surface area contributed by atoms with E-state index in [-0.39, 0.29) is 16.4 Å². The molecule has 0 heterocycles. The molecule has 0 bridgehead atoms. The summed E-state index contributed by atoms with van der Waals surface area (Å²) in [5.74, 6) is -0.179. The van der Waals surface area contributed by atoms with Gasteiger partial charge in [-0.15, -0.1) is 0 Å². The molecular formula is C16H23N3O4S. The van der Waals surface area contributed by atoms with Gasteiger partial charge in [0.05, 0.1) is 4.90 Å². The third-order valence-corrected chi connectivity index (χ3v) is 4.09. The SMILES string of the molecule is NCCc1ccc(O)c(O)c1.NCCc1ccc(S(N)(=O)=O)cc1. The van der Waals surface area contributed by atoms with Crippen molar-refractivity contribution in [1.29, 1.82) is 0 Å². The highest BCUT2D eigenvalue weighted by Crippen LogP contribution is 2.24. The largest absolute Gasteiger partial charge is 0.504 e. The number of sulfonamides is 1. The summed E-state index contributed by atoms with van der Waals surface area (Å²) in [4.78, 5) is 0.133. The number of rotatable bonds is 5. The van der Waals surface area contributed by atoms with Crippen LogP contribution in [0, 0.1) is 0 Å². The van der Waals surface area contributed by atoms with E-state index < -0.39 is 10.0 Å². The highest BCUT2D eigenvalue weighted by Gasteiger charge is 2.05. The molecule has 0 atom stereocenters. The van der Waals surface area contributed by atoms with Crippen molar-refractivity contribution in [2.75, 3.05) is 13.1 Å². The zero-order valence-corrected chi connectivity index (χ0v) is 14.0. The lowest BCUT2D eigenvalue weighted by molar-refractivity contribution is 0.403. The molecule has 0 unspecified atom stereocenters. The number of aromatic hydroxyl groups is 2. The Morgan fingerprint density at radius 2 is 1.29 bits per heavy atom. The normalized spacial score (nSPS) is 10.8. The molecule has 0 aliphatic heterocycles. The lowest BCUT2D eigenvalue weighted by Crippen LogP contribution is -2.12. The van der Waals surface area contributed by atoms with Crippen LogP contribution in [0.5, 0.6) is 11.5 Å². The van der Waals surface area contributed by atoms with E-state index in [9.17, 15) is 8.42 Å². The molecule has 0 amide bonds. The first-order valence-corrected chi connectivity index (χ1v) is 8.85. The molecule has 0 aromatic heterocycles. The molecule has 8 N–H and O–H groups in total. The van der Waals surface area contributed by atoms with E-state index in [0.717, 1.165) is 17.5 Å². The lowest BCUT2D eigenvalue weighted by Gasteiger charge is -2.00. The fourth-order valence-corrected chi connectivity index (χ4v) is 2.42. The molecule has 0 aliphatic carbocycles. The minimum absolute atomic E-state index is 0.0871. The third-order valence-electron chi connectivity index (χ3n) is 3.16. The second kappa shape index (κ2) is 9.24. The van der Waals surface area contributed by atoms with Crippen molar-refractivity contribution < 1.29 is 18.6 Å². The lowest BCUT2D eigenvalue weighted by atomic mass is 10.1. The minimum Gasteiger partial charge on any atom is -0.504 e. The van der Waals surface area contributed by atoms with Crippen LogP contribution >= 0.6 is 0 Å². The van der Waals surface area contributed by atoms with Crippen LogP contribution in [0.3, 0.4) is 0 Å². The van der Waals surface area contributed by atoms with Crippen LogP contribution < -0.4 is 16.6 Å². The first kappa shape index (κ1) is 19.9. The smallest absolute Gasteiger partial charge is 0.238 e. The molecule has 24 heavy (non-hydrogen) atoms. The van der Waals surface area contributed by atoms with Gasteiger partial charge in [-0.2, -0.15) is 0 Å². The first-order valence-electron chi connectivity index (χ1n) is 7.30. The monoisotopic (exact) mass is 353 g/mol. The van der Waals surface area contributed by atoms with Crippen molar-refractivity contribution in [1.82, 2.24) is 0 Å². The van der Waals surface area contributed by atoms with Crippen molar-refractivity contribution >= 4 is 10.0 Å². The number of hydrogen-bond donors (Lipinski definition) is 5. The van der Waals surface area contributed by atoms with Crippen LogP contribution in [0.1, 0.15) is 11.1 Å². The molecule has 0 spiro atoms. The second-order valence-electron chi connectivity index (χ2n) is 5.09. The van der Waals surface area contributed by atoms with Gasteiger partial charge >= 0.3 is 0 Å². The maximum absolute atomic E-state index is 10.9. The van der Waals surface area contributed by atoms with Gasteiger partial charge < -0.3 is 21.7 Å². The Labute approximate surface area is 141 Å². The quantitative estimate of drug-likeness (QED) is 0.491. The van der Waals surface area contributed by atoms with Gasteiger partial charge in [0.25, 0.3) is 0 Å². The highest BCUT2D eigenvalue weighted by atomic mass is 32.2. The molecule has 132 valence electrons. The van der Waals surface area contributed by atoms with Crippen LogP contribution in [0.15, 0.2) is 47.4 Å². The molecule has 0 radical (unpaired) electrons. The molecule has 0 fully saturated rings. The standard InChI is InChI=1S/C8H12N2O2S.C8H11NO2/c9-6-5-7-1-3-8(4-2-7)13(10,11)12;9-4-3-6-1-2-7(10)8(11)5-6/h1-4H,5-6,9H2,(H2,10,11,12);1-2,5,10-11H,3-4,9H2. The molecule has 7 nitrogen and oxygen atoms in total. The number of hydrogen-bond acceptors (Lipinski definition) is 6. The maximum Gasteiger partial charge on any atom is 0.238 e. The second-order valence-corrected chi connectivity index (χ2v) is 6.65. The molecular weight excluding hydrogens is 330 g/mol. The van der Waals surface area contributed by atoms with Crippen LogP contribution in [-0.4, -0.2) is 31.7 Å². The van der Waals surface area contributed by atoms with E-state index in [2.05, 4.69) is 0 Å². The Morgan fingerprint density at radius 3 is 1.75 bits per heavy atom. The fraction of sp³-hybridized carbons (Fsp3) is 0.250. The summed E-state index contributed by atoms with van der Waals surface area (Å²) in [6.45, 7) is 1.10. The fourth-order valence-electron chi connectivity index (χ4n) is 1.90. The van der Waals surface area contributed by atoms with Crippen LogP contribution in [0.2, 0.25) is 0 Å². The van der Waals surface area contributed by atoms with Crippen LogP contribution in [0.25, 0.3) is 0 Å². The van der Waals surface area contributed by atoms with E-state index in [4.69, 9.17) is 26.8 Å². The maximum atomic E-state index is 10.9. The Hall–Kier alpha value is -2.13. The molecule has 2 rings (SSSR count). The number of benzene rings is 2. The average molecular weight is 353 g/mol. The summed E-state index contributed by atoms with van der Waals surface area (Å²) in [7, 11) is -3.57. The third kappa shape index (κ3) is 6.55. The van der Waals surface area contributed by atoms with Gasteiger partial charge in [-0.3, -0.25) is 0 Å². The van der Waals surface area contributed by atoms with Crippen molar-refractivity contribution in [3.05, 3.63) is 53.6 Å². The van der Waals surface area contributed by atoms with E-state index in [0.29, 0.717) is 19.5 Å². The van der Waals surface area contributed by atoms with Gasteiger partial charge in [0.2, 0.25) is 10.0 Å². The predicted molar refractivity (Wildman–Crippen MR) is 93.1 cm³/mol. The minimum atomic E-state index is -3.57. The van der Waals surface area contributed by atoms with Gasteiger partial charge in [-0.25, -0.2) is 13.6 Å². The topological polar surface area (TPSA) is 153 Å². The van der Waals surface area contributed by atoms with Crippen molar-refractivity contribution in [2.45, 2.75) is 17.7 Å². The Balaban J connectivity index is 0.000000243. The van der Waals surface area contributed by atoms with Crippen molar-refractivity contribution in [3.8, 4) is 11.5 Å². The Bertz CT molecular complexity index is 746. The average Bonchev–Trinajstić information content (AvgIpc) is 2.52. The van der Waals surface area contributed by atoms with Crippen LogP contribution in [0.4, 0.5) is 0 Å². The highest BCUT2D eigenvalue weighted by molar-refractivity contribution is 7.89. The van der Waals surface area contributed by atoms with Gasteiger partial charge in [0.15, 0.2) is 11.5 Å². The Kier molecular flexibility index (Phi) is 7.66. The van der Waals surface area contributed by atoms with Crippen molar-refractivity contribution in [3.63, 3.8) is 0 Å². The number of primary sulfonamides is 1. The molecule has 0 saturated heterocycles. The van der Waals surface area contributed by atoms with Gasteiger partial charge in [-0.05, 0) is 61.3 Å². The molecule has 0 aliphatic rings. The number of phenols is 2. The summed E-state index contributed by atoms with van der Waals surface area (Å²) in [5.41, 5.74) is 12.6. The predicted octanol–water partition coefficient (Wildman–Crippen LogP) is 0.434. The van der Waals surface area contributed by atoms with E-state index >= 15 is 0 Å². The number of phenolic OH excluding ortho intramolecular Hbond substituents is 2. The van der Waals surface area contributed by atoms with Crippen molar-refractivity contribution in [2.24, 2.45) is 16.6 Å². The van der Waals surface area contributed by atoms with Gasteiger partial charge in [0.1, 0.15) is 0 Å². The summed E-state index contributed by atoms with van der Waals surface area (Å²) >= 11 is 0. The zero-order valence-electron chi connectivity index (χ0n) is 13.2. The first-order chi connectivity index (χ1) is 11.3. The van der Waals surface area contributed by atoms with Gasteiger partial charge in [-0.1, -0.05) is 18.2 Å².